The first kappa shape index (κ1) is 20.0. The Kier molecular flexibility index (Phi) is 5.31. The van der Waals surface area contributed by atoms with Crippen molar-refractivity contribution in [1.82, 2.24) is 4.90 Å². The maximum absolute atomic E-state index is 12.8. The molecule has 1 atom stereocenters. The van der Waals surface area contributed by atoms with Crippen molar-refractivity contribution in [3.8, 4) is 0 Å². The SMILES string of the molecule is Cc1ccc(N2C(=O)N(CC(=O)Nc3cccc([N+](=O)[O-])c3C)C(=O)[C@@H]2C)cc1. The van der Waals surface area contributed by atoms with Gasteiger partial charge in [0.25, 0.3) is 11.6 Å². The molecule has 150 valence electrons. The van der Waals surface area contributed by atoms with E-state index in [-0.39, 0.29) is 11.4 Å². The summed E-state index contributed by atoms with van der Waals surface area (Å²) in [5.41, 5.74) is 2.00. The van der Waals surface area contributed by atoms with Gasteiger partial charge in [-0.2, -0.15) is 0 Å². The number of hydrogen-bond acceptors (Lipinski definition) is 5. The van der Waals surface area contributed by atoms with Crippen molar-refractivity contribution in [2.24, 2.45) is 0 Å². The summed E-state index contributed by atoms with van der Waals surface area (Å²) in [5.74, 6) is -1.10. The summed E-state index contributed by atoms with van der Waals surface area (Å²) >= 11 is 0. The molecule has 0 radical (unpaired) electrons. The van der Waals surface area contributed by atoms with Gasteiger partial charge in [-0.1, -0.05) is 23.8 Å². The molecule has 0 aromatic heterocycles. The Labute approximate surface area is 167 Å². The highest BCUT2D eigenvalue weighted by Crippen LogP contribution is 2.27. The number of hydrogen-bond donors (Lipinski definition) is 1. The monoisotopic (exact) mass is 396 g/mol. The smallest absolute Gasteiger partial charge is 0.324 e. The molecule has 2 aromatic carbocycles. The molecule has 9 nitrogen and oxygen atoms in total. The second-order valence-corrected chi connectivity index (χ2v) is 6.84. The highest BCUT2D eigenvalue weighted by Gasteiger charge is 2.44. The topological polar surface area (TPSA) is 113 Å². The lowest BCUT2D eigenvalue weighted by Crippen LogP contribution is -2.39. The van der Waals surface area contributed by atoms with Crippen LogP contribution in [-0.2, 0) is 9.59 Å². The van der Waals surface area contributed by atoms with Crippen LogP contribution in [-0.4, -0.2) is 40.3 Å². The van der Waals surface area contributed by atoms with E-state index in [0.29, 0.717) is 11.3 Å². The first-order chi connectivity index (χ1) is 13.7. The zero-order valence-electron chi connectivity index (χ0n) is 16.2. The number of benzene rings is 2. The van der Waals surface area contributed by atoms with Crippen molar-refractivity contribution in [2.75, 3.05) is 16.8 Å². The van der Waals surface area contributed by atoms with E-state index in [4.69, 9.17) is 0 Å². The lowest BCUT2D eigenvalue weighted by atomic mass is 10.1. The quantitative estimate of drug-likeness (QED) is 0.474. The van der Waals surface area contributed by atoms with Gasteiger partial charge in [-0.15, -0.1) is 0 Å². The third-order valence-electron chi connectivity index (χ3n) is 4.84. The number of nitro groups is 1. The van der Waals surface area contributed by atoms with E-state index in [1.54, 1.807) is 19.1 Å². The largest absolute Gasteiger partial charge is 0.332 e. The molecule has 1 heterocycles. The molecule has 1 saturated heterocycles. The van der Waals surface area contributed by atoms with Crippen LogP contribution >= 0.6 is 0 Å². The maximum atomic E-state index is 12.8. The van der Waals surface area contributed by atoms with E-state index in [1.807, 2.05) is 19.1 Å². The third-order valence-corrected chi connectivity index (χ3v) is 4.84. The minimum atomic E-state index is -0.738. The average molecular weight is 396 g/mol. The van der Waals surface area contributed by atoms with Crippen LogP contribution < -0.4 is 10.2 Å². The Bertz CT molecular complexity index is 1000. The molecular formula is C20H20N4O5. The summed E-state index contributed by atoms with van der Waals surface area (Å²) in [6, 6.07) is 10.1. The molecule has 1 aliphatic heterocycles. The van der Waals surface area contributed by atoms with Gasteiger partial charge in [-0.05, 0) is 39.0 Å². The number of carbonyl (C=O) groups is 3. The van der Waals surface area contributed by atoms with Crippen LogP contribution in [0.2, 0.25) is 0 Å². The summed E-state index contributed by atoms with van der Waals surface area (Å²) in [5, 5.41) is 13.6. The van der Waals surface area contributed by atoms with Gasteiger partial charge in [0.05, 0.1) is 16.2 Å². The van der Waals surface area contributed by atoms with Crippen molar-refractivity contribution < 1.29 is 19.3 Å². The zero-order valence-corrected chi connectivity index (χ0v) is 16.2. The Hall–Kier alpha value is -3.75. The van der Waals surface area contributed by atoms with Gasteiger partial charge >= 0.3 is 6.03 Å². The van der Waals surface area contributed by atoms with Crippen LogP contribution in [0.3, 0.4) is 0 Å². The minimum absolute atomic E-state index is 0.129. The summed E-state index contributed by atoms with van der Waals surface area (Å²) in [6.45, 7) is 4.55. The predicted molar refractivity (Wildman–Crippen MR) is 107 cm³/mol. The fourth-order valence-corrected chi connectivity index (χ4v) is 3.20. The highest BCUT2D eigenvalue weighted by atomic mass is 16.6. The normalized spacial score (nSPS) is 16.3. The maximum Gasteiger partial charge on any atom is 0.332 e. The molecule has 1 fully saturated rings. The molecule has 0 bridgehead atoms. The first-order valence-corrected chi connectivity index (χ1v) is 8.95. The summed E-state index contributed by atoms with van der Waals surface area (Å²) in [6.07, 6.45) is 0. The first-order valence-electron chi connectivity index (χ1n) is 8.95. The number of anilines is 2. The van der Waals surface area contributed by atoms with E-state index in [9.17, 15) is 24.5 Å². The van der Waals surface area contributed by atoms with Crippen LogP contribution in [0.4, 0.5) is 21.9 Å². The number of amides is 4. The Balaban J connectivity index is 1.76. The number of rotatable bonds is 5. The molecule has 0 aliphatic carbocycles. The van der Waals surface area contributed by atoms with E-state index in [1.165, 1.54) is 30.0 Å². The lowest BCUT2D eigenvalue weighted by molar-refractivity contribution is -0.385. The van der Waals surface area contributed by atoms with E-state index in [0.717, 1.165) is 10.5 Å². The average Bonchev–Trinajstić information content (AvgIpc) is 2.87. The number of nitrogens with zero attached hydrogens (tertiary/aromatic N) is 3. The van der Waals surface area contributed by atoms with Gasteiger partial charge in [0.2, 0.25) is 5.91 Å². The van der Waals surface area contributed by atoms with E-state index in [2.05, 4.69) is 5.32 Å². The molecule has 2 aromatic rings. The predicted octanol–water partition coefficient (Wildman–Crippen LogP) is 3.01. The van der Waals surface area contributed by atoms with Gasteiger partial charge in [0.1, 0.15) is 12.6 Å². The molecule has 0 unspecified atom stereocenters. The fraction of sp³-hybridized carbons (Fsp3) is 0.250. The molecular weight excluding hydrogens is 376 g/mol. The van der Waals surface area contributed by atoms with E-state index < -0.39 is 35.4 Å². The van der Waals surface area contributed by atoms with Crippen LogP contribution in [0.1, 0.15) is 18.1 Å². The van der Waals surface area contributed by atoms with Crippen molar-refractivity contribution in [2.45, 2.75) is 26.8 Å². The number of aryl methyl sites for hydroxylation is 1. The number of imide groups is 1. The summed E-state index contributed by atoms with van der Waals surface area (Å²) in [7, 11) is 0. The fourth-order valence-electron chi connectivity index (χ4n) is 3.20. The number of urea groups is 1. The van der Waals surface area contributed by atoms with Crippen molar-refractivity contribution in [3.63, 3.8) is 0 Å². The second kappa shape index (κ2) is 7.70. The Morgan fingerprint density at radius 2 is 1.79 bits per heavy atom. The van der Waals surface area contributed by atoms with Crippen molar-refractivity contribution >= 4 is 34.9 Å². The molecule has 0 saturated carbocycles. The van der Waals surface area contributed by atoms with Crippen LogP contribution in [0.5, 0.6) is 0 Å². The minimum Gasteiger partial charge on any atom is -0.324 e. The summed E-state index contributed by atoms with van der Waals surface area (Å²) in [4.78, 5) is 50.5. The summed E-state index contributed by atoms with van der Waals surface area (Å²) < 4.78 is 0. The van der Waals surface area contributed by atoms with Gasteiger partial charge in [-0.25, -0.2) is 4.79 Å². The van der Waals surface area contributed by atoms with Crippen LogP contribution in [0.25, 0.3) is 0 Å². The van der Waals surface area contributed by atoms with Crippen molar-refractivity contribution in [1.29, 1.82) is 0 Å². The molecule has 9 heteroatoms. The standard InChI is InChI=1S/C20H20N4O5/c1-12-7-9-15(10-8-12)23-14(3)19(26)22(20(23)27)11-18(25)21-16-5-4-6-17(13(16)2)24(28)29/h4-10,14H,11H2,1-3H3,(H,21,25)/t14-/m0/s1. The van der Waals surface area contributed by atoms with Crippen LogP contribution in [0.15, 0.2) is 42.5 Å². The molecule has 3 rings (SSSR count). The Morgan fingerprint density at radius 3 is 2.41 bits per heavy atom. The molecule has 4 amide bonds. The van der Waals surface area contributed by atoms with Gasteiger partial charge < -0.3 is 5.32 Å². The second-order valence-electron chi connectivity index (χ2n) is 6.84. The zero-order chi connectivity index (χ0) is 21.3. The van der Waals surface area contributed by atoms with Crippen molar-refractivity contribution in [3.05, 3.63) is 63.7 Å². The van der Waals surface area contributed by atoms with Gasteiger partial charge in [-0.3, -0.25) is 29.5 Å². The van der Waals surface area contributed by atoms with Gasteiger partial charge in [0, 0.05) is 11.8 Å². The van der Waals surface area contributed by atoms with Gasteiger partial charge in [0.15, 0.2) is 0 Å². The third kappa shape index (κ3) is 3.79. The highest BCUT2D eigenvalue weighted by molar-refractivity contribution is 6.16. The lowest BCUT2D eigenvalue weighted by Gasteiger charge is -2.19. The number of carbonyl (C=O) groups excluding carboxylic acids is 3. The molecule has 29 heavy (non-hydrogen) atoms. The molecule has 0 spiro atoms. The number of nitro benzene ring substituents is 1. The van der Waals surface area contributed by atoms with Crippen LogP contribution in [0, 0.1) is 24.0 Å². The molecule has 1 aliphatic rings. The Morgan fingerprint density at radius 1 is 1.14 bits per heavy atom. The molecule has 1 N–H and O–H groups in total. The van der Waals surface area contributed by atoms with E-state index >= 15 is 0 Å². The number of nitrogens with one attached hydrogen (secondary N) is 1.